The Bertz CT molecular complexity index is 312. The third-order valence-corrected chi connectivity index (χ3v) is 6.35. The van der Waals surface area contributed by atoms with Crippen LogP contribution in [-0.2, 0) is 0 Å². The molecule has 1 unspecified atom stereocenters. The topological polar surface area (TPSA) is 0 Å². The van der Waals surface area contributed by atoms with E-state index in [1.165, 1.54) is 32.1 Å². The van der Waals surface area contributed by atoms with Gasteiger partial charge in [0, 0.05) is 0 Å². The van der Waals surface area contributed by atoms with Gasteiger partial charge in [-0.1, -0.05) is 32.9 Å². The van der Waals surface area contributed by atoms with Crippen molar-refractivity contribution >= 4 is 0 Å². The monoisotopic (exact) mass is 204 g/mol. The lowest BCUT2D eigenvalue weighted by molar-refractivity contribution is 0.118. The normalized spacial score (nSPS) is 51.9. The maximum Gasteiger partial charge on any atom is -0.0146 e. The largest absolute Gasteiger partial charge is 0.0996 e. The predicted octanol–water partition coefficient (Wildman–Crippen LogP) is 4.42. The zero-order valence-corrected chi connectivity index (χ0v) is 10.5. The van der Waals surface area contributed by atoms with Crippen molar-refractivity contribution in [2.24, 2.45) is 28.6 Å². The Labute approximate surface area is 94.1 Å². The molecule has 0 aromatic rings. The molecule has 0 heteroatoms. The molecule has 2 bridgehead atoms. The highest BCUT2D eigenvalue weighted by molar-refractivity contribution is 5.23. The molecule has 15 heavy (non-hydrogen) atoms. The highest BCUT2D eigenvalue weighted by atomic mass is 14.7. The molecule has 0 nitrogen and oxygen atoms in total. The molecular formula is C15H24. The predicted molar refractivity (Wildman–Crippen MR) is 64.6 cm³/mol. The van der Waals surface area contributed by atoms with Gasteiger partial charge in [-0.2, -0.15) is 0 Å². The smallest absolute Gasteiger partial charge is 0.0146 e. The molecule has 0 saturated heterocycles. The molecule has 0 radical (unpaired) electrons. The van der Waals surface area contributed by atoms with Crippen LogP contribution in [0.3, 0.4) is 0 Å². The molecule has 84 valence electrons. The molecule has 3 aliphatic rings. The first-order valence-corrected chi connectivity index (χ1v) is 6.66. The van der Waals surface area contributed by atoms with Crippen molar-refractivity contribution < 1.29 is 0 Å². The van der Waals surface area contributed by atoms with Crippen molar-refractivity contribution in [2.75, 3.05) is 0 Å². The molecule has 0 N–H and O–H groups in total. The third-order valence-electron chi connectivity index (χ3n) is 6.35. The van der Waals surface area contributed by atoms with Crippen molar-refractivity contribution in [2.45, 2.75) is 52.9 Å². The first kappa shape index (κ1) is 9.93. The molecule has 3 rings (SSSR count). The Hall–Kier alpha value is -0.260. The van der Waals surface area contributed by atoms with Gasteiger partial charge in [0.25, 0.3) is 0 Å². The summed E-state index contributed by atoms with van der Waals surface area (Å²) in [6.45, 7) is 11.9. The fourth-order valence-corrected chi connectivity index (χ4v) is 5.44. The van der Waals surface area contributed by atoms with E-state index in [0.29, 0.717) is 5.41 Å². The van der Waals surface area contributed by atoms with Gasteiger partial charge >= 0.3 is 0 Å². The van der Waals surface area contributed by atoms with Crippen molar-refractivity contribution in [3.05, 3.63) is 12.2 Å². The van der Waals surface area contributed by atoms with Crippen LogP contribution in [0.15, 0.2) is 12.2 Å². The molecule has 1 spiro atoms. The van der Waals surface area contributed by atoms with E-state index in [-0.39, 0.29) is 0 Å². The van der Waals surface area contributed by atoms with Gasteiger partial charge in [-0.05, 0) is 60.7 Å². The van der Waals surface area contributed by atoms with Gasteiger partial charge in [0.05, 0.1) is 0 Å². The minimum absolute atomic E-state index is 0.540. The summed E-state index contributed by atoms with van der Waals surface area (Å²) in [7, 11) is 0. The number of rotatable bonds is 0. The molecule has 3 fully saturated rings. The second kappa shape index (κ2) is 2.70. The minimum atomic E-state index is 0.540. The van der Waals surface area contributed by atoms with Crippen LogP contribution in [0.25, 0.3) is 0 Å². The van der Waals surface area contributed by atoms with Gasteiger partial charge in [0.2, 0.25) is 0 Å². The summed E-state index contributed by atoms with van der Waals surface area (Å²) in [5.74, 6) is 2.79. The van der Waals surface area contributed by atoms with Crippen LogP contribution in [0.2, 0.25) is 0 Å². The van der Waals surface area contributed by atoms with E-state index in [4.69, 9.17) is 0 Å². The van der Waals surface area contributed by atoms with Gasteiger partial charge in [-0.3, -0.25) is 0 Å². The van der Waals surface area contributed by atoms with Gasteiger partial charge < -0.3 is 0 Å². The summed E-state index contributed by atoms with van der Waals surface area (Å²) >= 11 is 0. The fourth-order valence-electron chi connectivity index (χ4n) is 5.44. The molecular weight excluding hydrogens is 180 g/mol. The van der Waals surface area contributed by atoms with Crippen LogP contribution in [0.1, 0.15) is 52.9 Å². The van der Waals surface area contributed by atoms with E-state index in [9.17, 15) is 0 Å². The van der Waals surface area contributed by atoms with Crippen molar-refractivity contribution in [3.63, 3.8) is 0 Å². The lowest BCUT2D eigenvalue weighted by Crippen LogP contribution is -2.30. The third kappa shape index (κ3) is 0.990. The van der Waals surface area contributed by atoms with E-state index in [1.54, 1.807) is 5.57 Å². The fraction of sp³-hybridized carbons (Fsp3) is 0.867. The maximum atomic E-state index is 4.34. The molecule has 4 atom stereocenters. The second-order valence-corrected chi connectivity index (χ2v) is 7.00. The highest BCUT2D eigenvalue weighted by Crippen LogP contribution is 2.72. The van der Waals surface area contributed by atoms with E-state index >= 15 is 0 Å². The van der Waals surface area contributed by atoms with Crippen LogP contribution in [0, 0.1) is 28.6 Å². The summed E-state index contributed by atoms with van der Waals surface area (Å²) < 4.78 is 0. The zero-order valence-electron chi connectivity index (χ0n) is 10.5. The Morgan fingerprint density at radius 3 is 2.73 bits per heavy atom. The summed E-state index contributed by atoms with van der Waals surface area (Å²) in [5.41, 5.74) is 2.82. The summed E-state index contributed by atoms with van der Waals surface area (Å²) in [6.07, 6.45) is 7.18. The first-order valence-electron chi connectivity index (χ1n) is 6.66. The van der Waals surface area contributed by atoms with Crippen molar-refractivity contribution in [1.29, 1.82) is 0 Å². The quantitative estimate of drug-likeness (QED) is 0.513. The maximum absolute atomic E-state index is 4.34. The Kier molecular flexibility index (Phi) is 1.79. The van der Waals surface area contributed by atoms with Gasteiger partial charge in [0.1, 0.15) is 0 Å². The van der Waals surface area contributed by atoms with Crippen molar-refractivity contribution in [1.82, 2.24) is 0 Å². The Morgan fingerprint density at radius 2 is 2.00 bits per heavy atom. The lowest BCUT2D eigenvalue weighted by atomic mass is 9.67. The lowest BCUT2D eigenvalue weighted by Gasteiger charge is -2.38. The summed E-state index contributed by atoms with van der Waals surface area (Å²) in [5, 5.41) is 0. The summed E-state index contributed by atoms with van der Waals surface area (Å²) in [4.78, 5) is 0. The number of hydrogen-bond acceptors (Lipinski definition) is 0. The first-order chi connectivity index (χ1) is 6.98. The van der Waals surface area contributed by atoms with E-state index in [0.717, 1.165) is 23.2 Å². The standard InChI is InChI=1S/C15H24/c1-10-7-8-15-9-12(10)14(3,4)13(15)6-5-11(15)2/h11-13H,1,5-9H2,2-4H3/t11?,12-,13+,15-/m1/s1. The molecule has 3 saturated carbocycles. The van der Waals surface area contributed by atoms with Gasteiger partial charge in [-0.15, -0.1) is 0 Å². The van der Waals surface area contributed by atoms with Crippen LogP contribution in [-0.4, -0.2) is 0 Å². The number of allylic oxidation sites excluding steroid dienone is 1. The average Bonchev–Trinajstić information content (AvgIpc) is 2.57. The van der Waals surface area contributed by atoms with Gasteiger partial charge in [0.15, 0.2) is 0 Å². The van der Waals surface area contributed by atoms with E-state index < -0.39 is 0 Å². The number of fused-ring (bicyclic) bond motifs is 1. The van der Waals surface area contributed by atoms with Crippen LogP contribution >= 0.6 is 0 Å². The summed E-state index contributed by atoms with van der Waals surface area (Å²) in [6, 6.07) is 0. The Balaban J connectivity index is 2.08. The molecule has 0 heterocycles. The Morgan fingerprint density at radius 1 is 1.27 bits per heavy atom. The van der Waals surface area contributed by atoms with E-state index in [1.807, 2.05) is 0 Å². The van der Waals surface area contributed by atoms with Gasteiger partial charge in [-0.25, -0.2) is 0 Å². The second-order valence-electron chi connectivity index (χ2n) is 7.00. The zero-order chi connectivity index (χ0) is 10.8. The van der Waals surface area contributed by atoms with E-state index in [2.05, 4.69) is 27.4 Å². The number of hydrogen-bond donors (Lipinski definition) is 0. The minimum Gasteiger partial charge on any atom is -0.0996 e. The molecule has 3 aliphatic carbocycles. The molecule has 0 amide bonds. The van der Waals surface area contributed by atoms with Crippen LogP contribution in [0.4, 0.5) is 0 Å². The molecule has 0 aromatic heterocycles. The highest BCUT2D eigenvalue weighted by Gasteiger charge is 2.63. The van der Waals surface area contributed by atoms with Crippen molar-refractivity contribution in [3.8, 4) is 0 Å². The van der Waals surface area contributed by atoms with Crippen LogP contribution < -0.4 is 0 Å². The average molecular weight is 204 g/mol. The van der Waals surface area contributed by atoms with Crippen LogP contribution in [0.5, 0.6) is 0 Å². The SMILES string of the molecule is C=C1CC[C@]23C[C@H]1C(C)(C)[C@@H]2CCC3C. The molecule has 0 aromatic carbocycles. The molecule has 0 aliphatic heterocycles.